The number of thioether (sulfide) groups is 1. The van der Waals surface area contributed by atoms with E-state index < -0.39 is 0 Å². The van der Waals surface area contributed by atoms with Gasteiger partial charge >= 0.3 is 0 Å². The number of para-hydroxylation sites is 1. The molecule has 0 aliphatic carbocycles. The molecule has 1 heterocycles. The molecule has 0 saturated heterocycles. The van der Waals surface area contributed by atoms with Crippen LogP contribution in [0.4, 0.5) is 0 Å². The SMILES string of the molecule is CCC(C)NC(=O)CSc1nc2ccccc2c(=O)n1-c1ccc(C)cc1. The molecule has 0 radical (unpaired) electrons. The first-order valence-corrected chi connectivity index (χ1v) is 9.99. The Kier molecular flexibility index (Phi) is 5.96. The van der Waals surface area contributed by atoms with Crippen LogP contribution in [-0.4, -0.2) is 27.3 Å². The summed E-state index contributed by atoms with van der Waals surface area (Å²) in [4.78, 5) is 29.9. The van der Waals surface area contributed by atoms with Crippen molar-refractivity contribution in [3.63, 3.8) is 0 Å². The minimum absolute atomic E-state index is 0.0628. The Morgan fingerprint density at radius 2 is 1.89 bits per heavy atom. The van der Waals surface area contributed by atoms with E-state index in [0.717, 1.165) is 17.7 Å². The van der Waals surface area contributed by atoms with Crippen molar-refractivity contribution in [2.45, 2.75) is 38.4 Å². The number of fused-ring (bicyclic) bond motifs is 1. The summed E-state index contributed by atoms with van der Waals surface area (Å²) in [7, 11) is 0. The van der Waals surface area contributed by atoms with Crippen LogP contribution in [0.3, 0.4) is 0 Å². The smallest absolute Gasteiger partial charge is 0.266 e. The van der Waals surface area contributed by atoms with Crippen molar-refractivity contribution in [2.24, 2.45) is 0 Å². The van der Waals surface area contributed by atoms with E-state index in [9.17, 15) is 9.59 Å². The fourth-order valence-electron chi connectivity index (χ4n) is 2.68. The van der Waals surface area contributed by atoms with Crippen LogP contribution in [-0.2, 0) is 4.79 Å². The van der Waals surface area contributed by atoms with E-state index >= 15 is 0 Å². The standard InChI is InChI=1S/C21H23N3O2S/c1-4-15(3)22-19(25)13-27-21-23-18-8-6-5-7-17(18)20(26)24(21)16-11-9-14(2)10-12-16/h5-12,15H,4,13H2,1-3H3,(H,22,25). The van der Waals surface area contributed by atoms with Gasteiger partial charge in [-0.15, -0.1) is 0 Å². The third-order valence-corrected chi connectivity index (χ3v) is 5.33. The summed E-state index contributed by atoms with van der Waals surface area (Å²) in [6.45, 7) is 6.00. The predicted molar refractivity (Wildman–Crippen MR) is 111 cm³/mol. The van der Waals surface area contributed by atoms with E-state index in [1.165, 1.54) is 11.8 Å². The molecule has 0 bridgehead atoms. The molecule has 1 aromatic heterocycles. The fourth-order valence-corrected chi connectivity index (χ4v) is 3.50. The molecular weight excluding hydrogens is 358 g/mol. The summed E-state index contributed by atoms with van der Waals surface area (Å²) in [5.74, 6) is 0.147. The number of nitrogens with zero attached hydrogens (tertiary/aromatic N) is 2. The second-order valence-electron chi connectivity index (χ2n) is 6.55. The van der Waals surface area contributed by atoms with Crippen LogP contribution in [0.2, 0.25) is 0 Å². The molecular formula is C21H23N3O2S. The molecule has 27 heavy (non-hydrogen) atoms. The first kappa shape index (κ1) is 19.2. The highest BCUT2D eigenvalue weighted by Crippen LogP contribution is 2.21. The minimum atomic E-state index is -0.130. The zero-order chi connectivity index (χ0) is 19.4. The molecule has 3 aromatic rings. The number of aromatic nitrogens is 2. The van der Waals surface area contributed by atoms with Crippen molar-refractivity contribution in [3.05, 3.63) is 64.4 Å². The van der Waals surface area contributed by atoms with Crippen LogP contribution in [0.25, 0.3) is 16.6 Å². The highest BCUT2D eigenvalue weighted by Gasteiger charge is 2.15. The Balaban J connectivity index is 2.02. The lowest BCUT2D eigenvalue weighted by atomic mass is 10.2. The summed E-state index contributed by atoms with van der Waals surface area (Å²) < 4.78 is 1.59. The van der Waals surface area contributed by atoms with Gasteiger partial charge in [-0.1, -0.05) is 48.5 Å². The molecule has 0 aliphatic heterocycles. The van der Waals surface area contributed by atoms with E-state index in [4.69, 9.17) is 0 Å². The van der Waals surface area contributed by atoms with Crippen LogP contribution < -0.4 is 10.9 Å². The highest BCUT2D eigenvalue weighted by molar-refractivity contribution is 7.99. The number of nitrogens with one attached hydrogen (secondary N) is 1. The van der Waals surface area contributed by atoms with Gasteiger partial charge in [0.15, 0.2) is 5.16 Å². The van der Waals surface area contributed by atoms with Crippen LogP contribution in [0.5, 0.6) is 0 Å². The minimum Gasteiger partial charge on any atom is -0.353 e. The van der Waals surface area contributed by atoms with Gasteiger partial charge in [-0.3, -0.25) is 14.2 Å². The Labute approximate surface area is 162 Å². The maximum absolute atomic E-state index is 13.1. The Hall–Kier alpha value is -2.60. The van der Waals surface area contributed by atoms with Gasteiger partial charge in [0.05, 0.1) is 22.3 Å². The second kappa shape index (κ2) is 8.39. The van der Waals surface area contributed by atoms with Crippen molar-refractivity contribution in [3.8, 4) is 5.69 Å². The molecule has 0 aliphatic rings. The van der Waals surface area contributed by atoms with E-state index in [0.29, 0.717) is 16.1 Å². The number of carbonyl (C=O) groups excluding carboxylic acids is 1. The topological polar surface area (TPSA) is 64.0 Å². The number of amides is 1. The first-order valence-electron chi connectivity index (χ1n) is 9.00. The number of aryl methyl sites for hydroxylation is 1. The first-order chi connectivity index (χ1) is 13.0. The van der Waals surface area contributed by atoms with Crippen molar-refractivity contribution >= 4 is 28.6 Å². The highest BCUT2D eigenvalue weighted by atomic mass is 32.2. The fraction of sp³-hybridized carbons (Fsp3) is 0.286. The maximum Gasteiger partial charge on any atom is 0.266 e. The van der Waals surface area contributed by atoms with Crippen LogP contribution >= 0.6 is 11.8 Å². The van der Waals surface area contributed by atoms with Crippen LogP contribution in [0.1, 0.15) is 25.8 Å². The van der Waals surface area contributed by atoms with E-state index in [1.807, 2.05) is 63.2 Å². The molecule has 1 amide bonds. The molecule has 1 unspecified atom stereocenters. The normalized spacial score (nSPS) is 12.1. The zero-order valence-corrected chi connectivity index (χ0v) is 16.5. The summed E-state index contributed by atoms with van der Waals surface area (Å²) in [6.07, 6.45) is 0.874. The summed E-state index contributed by atoms with van der Waals surface area (Å²) in [6, 6.07) is 15.1. The third kappa shape index (κ3) is 4.39. The maximum atomic E-state index is 13.1. The van der Waals surface area contributed by atoms with Gasteiger partial charge in [-0.2, -0.15) is 0 Å². The summed E-state index contributed by atoms with van der Waals surface area (Å²) in [5, 5.41) is 4.02. The quantitative estimate of drug-likeness (QED) is 0.522. The molecule has 0 spiro atoms. The lowest BCUT2D eigenvalue weighted by Gasteiger charge is -2.14. The van der Waals surface area contributed by atoms with Crippen molar-refractivity contribution < 1.29 is 4.79 Å². The second-order valence-corrected chi connectivity index (χ2v) is 7.50. The van der Waals surface area contributed by atoms with Crippen molar-refractivity contribution in [1.82, 2.24) is 14.9 Å². The molecule has 6 heteroatoms. The molecule has 3 rings (SSSR count). The number of hydrogen-bond donors (Lipinski definition) is 1. The van der Waals surface area contributed by atoms with Gasteiger partial charge in [-0.25, -0.2) is 4.98 Å². The monoisotopic (exact) mass is 381 g/mol. The number of carbonyl (C=O) groups is 1. The predicted octanol–water partition coefficient (Wildman–Crippen LogP) is 3.70. The van der Waals surface area contributed by atoms with Crippen molar-refractivity contribution in [1.29, 1.82) is 0 Å². The van der Waals surface area contributed by atoms with Crippen LogP contribution in [0, 0.1) is 6.92 Å². The van der Waals surface area contributed by atoms with E-state index in [2.05, 4.69) is 10.3 Å². The van der Waals surface area contributed by atoms with Gasteiger partial charge < -0.3 is 5.32 Å². The Bertz CT molecular complexity index is 1010. The molecule has 140 valence electrons. The van der Waals surface area contributed by atoms with Gasteiger partial charge in [-0.05, 0) is 44.5 Å². The average Bonchev–Trinajstić information content (AvgIpc) is 2.67. The Morgan fingerprint density at radius 1 is 1.19 bits per heavy atom. The number of hydrogen-bond acceptors (Lipinski definition) is 4. The lowest BCUT2D eigenvalue weighted by Crippen LogP contribution is -2.33. The molecule has 0 saturated carbocycles. The van der Waals surface area contributed by atoms with Crippen molar-refractivity contribution in [2.75, 3.05) is 5.75 Å². The molecule has 5 nitrogen and oxygen atoms in total. The van der Waals surface area contributed by atoms with E-state index in [-0.39, 0.29) is 23.3 Å². The van der Waals surface area contributed by atoms with Gasteiger partial charge in [0.2, 0.25) is 5.91 Å². The molecule has 1 atom stereocenters. The van der Waals surface area contributed by atoms with Gasteiger partial charge in [0.25, 0.3) is 5.56 Å². The zero-order valence-electron chi connectivity index (χ0n) is 15.7. The number of benzene rings is 2. The molecule has 2 aromatic carbocycles. The van der Waals surface area contributed by atoms with Gasteiger partial charge in [0.1, 0.15) is 0 Å². The van der Waals surface area contributed by atoms with Gasteiger partial charge in [0, 0.05) is 6.04 Å². The van der Waals surface area contributed by atoms with E-state index in [1.54, 1.807) is 10.6 Å². The largest absolute Gasteiger partial charge is 0.353 e. The lowest BCUT2D eigenvalue weighted by molar-refractivity contribution is -0.119. The summed E-state index contributed by atoms with van der Waals surface area (Å²) in [5.41, 5.74) is 2.36. The Morgan fingerprint density at radius 3 is 2.59 bits per heavy atom. The molecule has 1 N–H and O–H groups in total. The average molecular weight is 382 g/mol. The number of rotatable bonds is 6. The third-order valence-electron chi connectivity index (χ3n) is 4.39. The summed E-state index contributed by atoms with van der Waals surface area (Å²) >= 11 is 1.28. The molecule has 0 fully saturated rings. The van der Waals surface area contributed by atoms with Crippen LogP contribution in [0.15, 0.2) is 58.5 Å².